The summed E-state index contributed by atoms with van der Waals surface area (Å²) in [5.41, 5.74) is 1.37. The van der Waals surface area contributed by atoms with Crippen LogP contribution in [0.5, 0.6) is 0 Å². The molecule has 2 unspecified atom stereocenters. The molecule has 5 nitrogen and oxygen atoms in total. The van der Waals surface area contributed by atoms with Gasteiger partial charge in [-0.15, -0.1) is 0 Å². The Hall–Kier alpha value is -1.69. The van der Waals surface area contributed by atoms with E-state index in [9.17, 15) is 13.2 Å². The van der Waals surface area contributed by atoms with Gasteiger partial charge < -0.3 is 0 Å². The summed E-state index contributed by atoms with van der Waals surface area (Å²) in [6.07, 6.45) is 7.29. The molecule has 1 aliphatic carbocycles. The molecule has 1 fully saturated rings. The van der Waals surface area contributed by atoms with Crippen LogP contribution in [0.2, 0.25) is 0 Å². The van der Waals surface area contributed by atoms with Gasteiger partial charge in [-0.2, -0.15) is 5.10 Å². The molecule has 2 heterocycles. The van der Waals surface area contributed by atoms with Crippen molar-refractivity contribution in [3.8, 4) is 0 Å². The minimum absolute atomic E-state index is 0.0181. The van der Waals surface area contributed by atoms with Crippen LogP contribution in [0.25, 0.3) is 5.52 Å². The summed E-state index contributed by atoms with van der Waals surface area (Å²) < 4.78 is 25.1. The van der Waals surface area contributed by atoms with Gasteiger partial charge in [-0.25, -0.2) is 12.9 Å². The van der Waals surface area contributed by atoms with Crippen molar-refractivity contribution >= 4 is 21.1 Å². The Morgan fingerprint density at radius 2 is 2.14 bits per heavy atom. The molecule has 2 aromatic heterocycles. The highest BCUT2D eigenvalue weighted by molar-refractivity contribution is 7.91. The smallest absolute Gasteiger partial charge is 0.169 e. The highest BCUT2D eigenvalue weighted by Gasteiger charge is 2.33. The average Bonchev–Trinajstić information content (AvgIpc) is 2.90. The number of hydrogen-bond donors (Lipinski definition) is 0. The van der Waals surface area contributed by atoms with E-state index < -0.39 is 9.84 Å². The second kappa shape index (κ2) is 5.26. The van der Waals surface area contributed by atoms with Gasteiger partial charge in [0.2, 0.25) is 0 Å². The maximum absolute atomic E-state index is 12.7. The molecule has 112 valence electrons. The van der Waals surface area contributed by atoms with Gasteiger partial charge in [-0.05, 0) is 31.4 Å². The molecule has 0 N–H and O–H groups in total. The molecular weight excluding hydrogens is 288 g/mol. The van der Waals surface area contributed by atoms with E-state index in [2.05, 4.69) is 5.10 Å². The number of pyridine rings is 1. The first-order valence-electron chi connectivity index (χ1n) is 7.12. The van der Waals surface area contributed by atoms with Crippen LogP contribution < -0.4 is 0 Å². The molecular formula is C15H18N2O3S. The van der Waals surface area contributed by atoms with E-state index in [1.165, 1.54) is 6.26 Å². The molecule has 2 atom stereocenters. The monoisotopic (exact) mass is 306 g/mol. The van der Waals surface area contributed by atoms with Crippen LogP contribution in [-0.4, -0.2) is 35.3 Å². The molecule has 0 aliphatic heterocycles. The number of fused-ring (bicyclic) bond motifs is 1. The fourth-order valence-corrected chi connectivity index (χ4v) is 4.29. The van der Waals surface area contributed by atoms with Gasteiger partial charge >= 0.3 is 0 Å². The maximum Gasteiger partial charge on any atom is 0.169 e. The number of sulfone groups is 1. The zero-order chi connectivity index (χ0) is 15.0. The molecule has 0 aromatic carbocycles. The van der Waals surface area contributed by atoms with E-state index in [1.807, 2.05) is 18.2 Å². The predicted molar refractivity (Wildman–Crippen MR) is 80.1 cm³/mol. The Balaban J connectivity index is 1.88. The first-order valence-corrected chi connectivity index (χ1v) is 9.07. The summed E-state index contributed by atoms with van der Waals surface area (Å²) in [6.45, 7) is 0. The van der Waals surface area contributed by atoms with E-state index in [-0.39, 0.29) is 17.0 Å². The lowest BCUT2D eigenvalue weighted by atomic mass is 9.84. The standard InChI is InChI=1S/C15H18N2O3S/c1-21(19,20)12-6-4-5-11(9-12)15(18)13-10-16-17-8-3-2-7-14(13)17/h2-3,7-8,10-12H,4-6,9H2,1H3. The van der Waals surface area contributed by atoms with Crippen molar-refractivity contribution in [2.45, 2.75) is 30.9 Å². The molecule has 21 heavy (non-hydrogen) atoms. The first kappa shape index (κ1) is 14.3. The summed E-state index contributed by atoms with van der Waals surface area (Å²) in [7, 11) is -3.08. The Labute approximate surface area is 123 Å². The number of rotatable bonds is 3. The Bertz CT molecular complexity index is 779. The zero-order valence-electron chi connectivity index (χ0n) is 11.9. The van der Waals surface area contributed by atoms with Crippen molar-refractivity contribution in [2.24, 2.45) is 5.92 Å². The molecule has 0 spiro atoms. The number of ketones is 1. The van der Waals surface area contributed by atoms with Crippen molar-refractivity contribution in [1.29, 1.82) is 0 Å². The number of aromatic nitrogens is 2. The van der Waals surface area contributed by atoms with E-state index in [4.69, 9.17) is 0 Å². The number of hydrogen-bond acceptors (Lipinski definition) is 4. The van der Waals surface area contributed by atoms with Crippen LogP contribution in [0, 0.1) is 5.92 Å². The summed E-state index contributed by atoms with van der Waals surface area (Å²) in [5.74, 6) is -0.198. The fraction of sp³-hybridized carbons (Fsp3) is 0.467. The van der Waals surface area contributed by atoms with E-state index in [0.29, 0.717) is 18.4 Å². The van der Waals surface area contributed by atoms with Crippen LogP contribution >= 0.6 is 0 Å². The lowest BCUT2D eigenvalue weighted by Gasteiger charge is -2.26. The third-order valence-corrected chi connectivity index (χ3v) is 5.93. The largest absolute Gasteiger partial charge is 0.294 e. The van der Waals surface area contributed by atoms with Crippen molar-refractivity contribution in [3.05, 3.63) is 36.2 Å². The van der Waals surface area contributed by atoms with Crippen molar-refractivity contribution in [3.63, 3.8) is 0 Å². The van der Waals surface area contributed by atoms with Gasteiger partial charge in [0, 0.05) is 18.4 Å². The summed E-state index contributed by atoms with van der Waals surface area (Å²) >= 11 is 0. The van der Waals surface area contributed by atoms with Gasteiger partial charge in [-0.3, -0.25) is 4.79 Å². The topological polar surface area (TPSA) is 68.5 Å². The molecule has 3 rings (SSSR count). The minimum atomic E-state index is -3.08. The van der Waals surface area contributed by atoms with Crippen LogP contribution in [0.15, 0.2) is 30.6 Å². The highest BCUT2D eigenvalue weighted by atomic mass is 32.2. The van der Waals surface area contributed by atoms with Gasteiger partial charge in [0.05, 0.1) is 22.5 Å². The quantitative estimate of drug-likeness (QED) is 0.815. The SMILES string of the molecule is CS(=O)(=O)C1CCCC(C(=O)c2cnn3ccccc23)C1. The molecule has 2 aromatic rings. The Morgan fingerprint density at radius 1 is 1.33 bits per heavy atom. The second-order valence-corrected chi connectivity index (χ2v) is 8.09. The first-order chi connectivity index (χ1) is 9.97. The van der Waals surface area contributed by atoms with Gasteiger partial charge in [0.25, 0.3) is 0 Å². The number of carbonyl (C=O) groups is 1. The Kier molecular flexibility index (Phi) is 3.57. The third kappa shape index (κ3) is 2.72. The third-order valence-electron chi connectivity index (χ3n) is 4.29. The predicted octanol–water partition coefficient (Wildman–Crippen LogP) is 2.12. The molecule has 1 aliphatic rings. The second-order valence-electron chi connectivity index (χ2n) is 5.77. The number of nitrogens with zero attached hydrogens (tertiary/aromatic N) is 2. The summed E-state index contributed by atoms with van der Waals surface area (Å²) in [5, 5.41) is 3.79. The van der Waals surface area contributed by atoms with Crippen molar-refractivity contribution in [2.75, 3.05) is 6.26 Å². The van der Waals surface area contributed by atoms with Crippen LogP contribution in [-0.2, 0) is 9.84 Å². The lowest BCUT2D eigenvalue weighted by molar-refractivity contribution is 0.0892. The van der Waals surface area contributed by atoms with E-state index >= 15 is 0 Å². The molecule has 0 amide bonds. The summed E-state index contributed by atoms with van der Waals surface area (Å²) in [4.78, 5) is 12.7. The van der Waals surface area contributed by atoms with Crippen molar-refractivity contribution < 1.29 is 13.2 Å². The van der Waals surface area contributed by atoms with Crippen molar-refractivity contribution in [1.82, 2.24) is 9.61 Å². The fourth-order valence-electron chi connectivity index (χ4n) is 3.12. The zero-order valence-corrected chi connectivity index (χ0v) is 12.7. The van der Waals surface area contributed by atoms with Gasteiger partial charge in [0.1, 0.15) is 9.84 Å². The normalized spacial score (nSPS) is 23.3. The molecule has 0 bridgehead atoms. The van der Waals surface area contributed by atoms with Crippen LogP contribution in [0.3, 0.4) is 0 Å². The minimum Gasteiger partial charge on any atom is -0.294 e. The van der Waals surface area contributed by atoms with Crippen LogP contribution in [0.4, 0.5) is 0 Å². The molecule has 6 heteroatoms. The van der Waals surface area contributed by atoms with Crippen LogP contribution in [0.1, 0.15) is 36.0 Å². The number of Topliss-reactive ketones (excluding diaryl/α,β-unsaturated/α-hetero) is 1. The molecule has 0 radical (unpaired) electrons. The maximum atomic E-state index is 12.7. The summed E-state index contributed by atoms with van der Waals surface area (Å²) in [6, 6.07) is 5.58. The molecule has 1 saturated carbocycles. The lowest BCUT2D eigenvalue weighted by Crippen LogP contribution is -2.31. The highest BCUT2D eigenvalue weighted by Crippen LogP contribution is 2.31. The van der Waals surface area contributed by atoms with E-state index in [1.54, 1.807) is 16.9 Å². The van der Waals surface area contributed by atoms with Gasteiger partial charge in [0.15, 0.2) is 5.78 Å². The number of carbonyl (C=O) groups excluding carboxylic acids is 1. The average molecular weight is 306 g/mol. The molecule has 0 saturated heterocycles. The Morgan fingerprint density at radius 3 is 2.90 bits per heavy atom. The van der Waals surface area contributed by atoms with E-state index in [0.717, 1.165) is 18.4 Å². The van der Waals surface area contributed by atoms with Gasteiger partial charge in [-0.1, -0.05) is 12.5 Å².